The van der Waals surface area contributed by atoms with Gasteiger partial charge in [0.1, 0.15) is 16.3 Å². The lowest BCUT2D eigenvalue weighted by Gasteiger charge is -2.49. The zero-order valence-electron chi connectivity index (χ0n) is 17.4. The summed E-state index contributed by atoms with van der Waals surface area (Å²) in [5, 5.41) is 3.83. The standard InChI is InChI=1S/C22H22ClN5O3/c1-21(2)30-19-15-14-16(15)22(19,31-21)18(14)28-9-25-17-11(7-12(23)27-20(17)28)24-8-10-5-4-6-13(26-10)29-3/h4-7,9,14-16,18-19H,8H2,1-3H3,(H,24,27)/t14-,15?,16+,18-,19-,22-/m1/s1. The number of methoxy groups -OCH3 is 1. The van der Waals surface area contributed by atoms with Gasteiger partial charge in [-0.05, 0) is 31.7 Å². The van der Waals surface area contributed by atoms with Gasteiger partial charge in [-0.1, -0.05) is 17.7 Å². The average Bonchev–Trinajstić information content (AvgIpc) is 2.90. The summed E-state index contributed by atoms with van der Waals surface area (Å²) >= 11 is 6.41. The SMILES string of the molecule is COc1cccc(CNc2cc(Cl)nc3c2ncn3[C@@H]2[C@@H]3C4[C@H]5OC(C)(C)O[C@@]52[C@H]43)n1. The maximum absolute atomic E-state index is 6.46. The molecular weight excluding hydrogens is 418 g/mol. The number of pyridine rings is 2. The minimum absolute atomic E-state index is 0.177. The lowest BCUT2D eigenvalue weighted by atomic mass is 9.68. The third-order valence-electron chi connectivity index (χ3n) is 7.36. The van der Waals surface area contributed by atoms with E-state index < -0.39 is 5.79 Å². The highest BCUT2D eigenvalue weighted by molar-refractivity contribution is 6.30. The maximum Gasteiger partial charge on any atom is 0.213 e. The van der Waals surface area contributed by atoms with Gasteiger partial charge >= 0.3 is 0 Å². The highest BCUT2D eigenvalue weighted by Crippen LogP contribution is 2.88. The van der Waals surface area contributed by atoms with Crippen molar-refractivity contribution in [2.45, 2.75) is 43.9 Å². The first-order valence-electron chi connectivity index (χ1n) is 10.6. The van der Waals surface area contributed by atoms with Crippen molar-refractivity contribution < 1.29 is 14.2 Å². The Balaban J connectivity index is 1.22. The zero-order valence-corrected chi connectivity index (χ0v) is 18.1. The minimum Gasteiger partial charge on any atom is -0.481 e. The first-order valence-corrected chi connectivity index (χ1v) is 11.0. The molecule has 4 fully saturated rings. The predicted molar refractivity (Wildman–Crippen MR) is 113 cm³/mol. The van der Waals surface area contributed by atoms with E-state index in [0.29, 0.717) is 35.3 Å². The minimum atomic E-state index is -0.542. The van der Waals surface area contributed by atoms with Crippen LogP contribution >= 0.6 is 11.6 Å². The number of rotatable bonds is 5. The van der Waals surface area contributed by atoms with Gasteiger partial charge in [0.05, 0.1) is 43.5 Å². The molecule has 0 aromatic carbocycles. The van der Waals surface area contributed by atoms with Crippen LogP contribution in [0.4, 0.5) is 5.69 Å². The first-order chi connectivity index (χ1) is 14.9. The largest absolute Gasteiger partial charge is 0.481 e. The van der Waals surface area contributed by atoms with Gasteiger partial charge in [-0.3, -0.25) is 0 Å². The quantitative estimate of drug-likeness (QED) is 0.610. The molecule has 4 heterocycles. The summed E-state index contributed by atoms with van der Waals surface area (Å²) in [6.45, 7) is 4.52. The van der Waals surface area contributed by atoms with E-state index in [-0.39, 0.29) is 17.7 Å². The molecule has 0 bridgehead atoms. The first kappa shape index (κ1) is 18.2. The fourth-order valence-electron chi connectivity index (χ4n) is 6.36. The van der Waals surface area contributed by atoms with Crippen molar-refractivity contribution in [3.63, 3.8) is 0 Å². The van der Waals surface area contributed by atoms with E-state index in [1.807, 2.05) is 38.4 Å². The van der Waals surface area contributed by atoms with E-state index in [4.69, 9.17) is 30.8 Å². The Morgan fingerprint density at radius 3 is 2.97 bits per heavy atom. The van der Waals surface area contributed by atoms with E-state index in [9.17, 15) is 0 Å². The Morgan fingerprint density at radius 1 is 1.26 bits per heavy atom. The Hall–Kier alpha value is -2.42. The molecule has 7 rings (SSSR count). The van der Waals surface area contributed by atoms with Crippen molar-refractivity contribution in [1.82, 2.24) is 19.5 Å². The molecule has 1 saturated heterocycles. The normalized spacial score (nSPS) is 35.7. The van der Waals surface area contributed by atoms with Crippen LogP contribution in [0.2, 0.25) is 5.15 Å². The van der Waals surface area contributed by atoms with Crippen molar-refractivity contribution >= 4 is 28.5 Å². The van der Waals surface area contributed by atoms with E-state index in [0.717, 1.165) is 22.5 Å². The molecule has 31 heavy (non-hydrogen) atoms. The van der Waals surface area contributed by atoms with E-state index in [1.165, 1.54) is 0 Å². The van der Waals surface area contributed by atoms with E-state index in [2.05, 4.69) is 19.9 Å². The average molecular weight is 440 g/mol. The molecular formula is C22H22ClN5O3. The summed E-state index contributed by atoms with van der Waals surface area (Å²) < 4.78 is 20.0. The van der Waals surface area contributed by atoms with Crippen LogP contribution in [0.3, 0.4) is 0 Å². The van der Waals surface area contributed by atoms with Gasteiger partial charge in [0.2, 0.25) is 5.88 Å². The molecule has 1 N–H and O–H groups in total. The molecule has 3 aromatic rings. The number of aromatic nitrogens is 4. The molecule has 0 amide bonds. The van der Waals surface area contributed by atoms with Crippen molar-refractivity contribution in [3.05, 3.63) is 41.4 Å². The number of fused-ring (bicyclic) bond motifs is 3. The third kappa shape index (κ3) is 2.20. The summed E-state index contributed by atoms with van der Waals surface area (Å²) in [7, 11) is 1.61. The summed E-state index contributed by atoms with van der Waals surface area (Å²) in [4.78, 5) is 13.8. The van der Waals surface area contributed by atoms with Crippen LogP contribution in [0.5, 0.6) is 5.88 Å². The number of imidazole rings is 1. The van der Waals surface area contributed by atoms with Gasteiger partial charge in [0.15, 0.2) is 11.4 Å². The van der Waals surface area contributed by atoms with Gasteiger partial charge in [0.25, 0.3) is 0 Å². The Labute approximate surface area is 183 Å². The van der Waals surface area contributed by atoms with Gasteiger partial charge < -0.3 is 24.1 Å². The summed E-state index contributed by atoms with van der Waals surface area (Å²) in [5.74, 6) is 1.83. The molecule has 1 aliphatic heterocycles. The zero-order chi connectivity index (χ0) is 21.1. The monoisotopic (exact) mass is 439 g/mol. The molecule has 1 spiro atoms. The van der Waals surface area contributed by atoms with Crippen molar-refractivity contribution in [1.29, 1.82) is 0 Å². The second-order valence-electron chi connectivity index (χ2n) is 9.36. The van der Waals surface area contributed by atoms with Crippen LogP contribution in [0, 0.1) is 17.8 Å². The molecule has 8 nitrogen and oxygen atoms in total. The van der Waals surface area contributed by atoms with Crippen LogP contribution in [0.1, 0.15) is 25.6 Å². The van der Waals surface area contributed by atoms with E-state index in [1.54, 1.807) is 13.2 Å². The number of nitrogens with zero attached hydrogens (tertiary/aromatic N) is 4. The molecule has 9 heteroatoms. The summed E-state index contributed by atoms with van der Waals surface area (Å²) in [6.07, 6.45) is 2.05. The number of halogens is 1. The predicted octanol–water partition coefficient (Wildman–Crippen LogP) is 3.42. The molecule has 3 saturated carbocycles. The van der Waals surface area contributed by atoms with Crippen molar-refractivity contribution in [2.75, 3.05) is 12.4 Å². The number of hydrogen-bond donors (Lipinski definition) is 1. The number of hydrogen-bond acceptors (Lipinski definition) is 7. The van der Waals surface area contributed by atoms with Crippen LogP contribution in [0.25, 0.3) is 11.2 Å². The molecule has 0 radical (unpaired) electrons. The van der Waals surface area contributed by atoms with Crippen LogP contribution in [-0.2, 0) is 16.0 Å². The Morgan fingerprint density at radius 2 is 2.13 bits per heavy atom. The smallest absolute Gasteiger partial charge is 0.213 e. The lowest BCUT2D eigenvalue weighted by molar-refractivity contribution is -0.199. The molecule has 6 atom stereocenters. The Kier molecular flexibility index (Phi) is 3.33. The second kappa shape index (κ2) is 5.68. The van der Waals surface area contributed by atoms with Crippen LogP contribution < -0.4 is 10.1 Å². The summed E-state index contributed by atoms with van der Waals surface area (Å²) in [6, 6.07) is 7.69. The fraction of sp³-hybridized carbons (Fsp3) is 0.500. The maximum atomic E-state index is 6.46. The second-order valence-corrected chi connectivity index (χ2v) is 9.75. The van der Waals surface area contributed by atoms with Gasteiger partial charge in [-0.15, -0.1) is 0 Å². The highest BCUT2D eigenvalue weighted by Gasteiger charge is 2.96. The topological polar surface area (TPSA) is 83.3 Å². The number of anilines is 1. The van der Waals surface area contributed by atoms with E-state index >= 15 is 0 Å². The summed E-state index contributed by atoms with van der Waals surface area (Å²) in [5.41, 5.74) is 3.02. The molecule has 1 unspecified atom stereocenters. The van der Waals surface area contributed by atoms with Gasteiger partial charge in [-0.2, -0.15) is 0 Å². The third-order valence-corrected chi connectivity index (χ3v) is 7.55. The lowest BCUT2D eigenvalue weighted by Crippen LogP contribution is -2.60. The Bertz CT molecular complexity index is 1240. The van der Waals surface area contributed by atoms with Crippen LogP contribution in [-0.4, -0.2) is 44.1 Å². The van der Waals surface area contributed by atoms with Gasteiger partial charge in [-0.25, -0.2) is 15.0 Å². The molecule has 3 aliphatic carbocycles. The molecule has 160 valence electrons. The highest BCUT2D eigenvalue weighted by atomic mass is 35.5. The van der Waals surface area contributed by atoms with Gasteiger partial charge in [0, 0.05) is 18.1 Å². The molecule has 3 aromatic heterocycles. The molecule has 4 aliphatic rings. The number of ether oxygens (including phenoxy) is 3. The fourth-order valence-corrected chi connectivity index (χ4v) is 6.55. The number of nitrogens with one attached hydrogen (secondary N) is 1. The van der Waals surface area contributed by atoms with Crippen molar-refractivity contribution in [3.8, 4) is 5.88 Å². The van der Waals surface area contributed by atoms with Crippen LogP contribution in [0.15, 0.2) is 30.6 Å². The van der Waals surface area contributed by atoms with Crippen molar-refractivity contribution in [2.24, 2.45) is 17.8 Å².